The van der Waals surface area contributed by atoms with Crippen LogP contribution in [0.25, 0.3) is 11.0 Å². The van der Waals surface area contributed by atoms with Crippen LogP contribution >= 0.6 is 23.4 Å². The highest BCUT2D eigenvalue weighted by atomic mass is 35.5. The lowest BCUT2D eigenvalue weighted by molar-refractivity contribution is 0.288. The molecule has 1 aliphatic carbocycles. The first-order valence-electron chi connectivity index (χ1n) is 10.6. The number of hydrogen-bond donors (Lipinski definition) is 0. The molecule has 6 nitrogen and oxygen atoms in total. The summed E-state index contributed by atoms with van der Waals surface area (Å²) >= 11 is 7.78. The lowest BCUT2D eigenvalue weighted by atomic mass is 10.1. The van der Waals surface area contributed by atoms with Crippen LogP contribution in [0.3, 0.4) is 0 Å². The Balaban J connectivity index is 1.37. The summed E-state index contributed by atoms with van der Waals surface area (Å²) in [6.45, 7) is 2.38. The molecular formula is C24H22ClN3O3S. The predicted molar refractivity (Wildman–Crippen MR) is 126 cm³/mol. The summed E-state index contributed by atoms with van der Waals surface area (Å²) in [7, 11) is 0. The lowest BCUT2D eigenvalue weighted by Gasteiger charge is -2.11. The van der Waals surface area contributed by atoms with E-state index in [0.29, 0.717) is 34.8 Å². The van der Waals surface area contributed by atoms with Crippen LogP contribution in [0.5, 0.6) is 5.75 Å². The number of para-hydroxylation sites is 1. The Morgan fingerprint density at radius 1 is 1.19 bits per heavy atom. The monoisotopic (exact) mass is 467 g/mol. The predicted octanol–water partition coefficient (Wildman–Crippen LogP) is 5.81. The number of benzene rings is 2. The first-order valence-corrected chi connectivity index (χ1v) is 12.0. The lowest BCUT2D eigenvalue weighted by Crippen LogP contribution is -2.07. The average molecular weight is 468 g/mol. The molecule has 2 heterocycles. The van der Waals surface area contributed by atoms with Gasteiger partial charge in [0, 0.05) is 23.2 Å². The molecule has 0 spiro atoms. The smallest absolute Gasteiger partial charge is 0.336 e. The van der Waals surface area contributed by atoms with Crippen molar-refractivity contribution in [1.82, 2.24) is 14.8 Å². The average Bonchev–Trinajstić information content (AvgIpc) is 3.56. The van der Waals surface area contributed by atoms with Crippen molar-refractivity contribution in [2.75, 3.05) is 0 Å². The Labute approximate surface area is 194 Å². The zero-order chi connectivity index (χ0) is 22.1. The van der Waals surface area contributed by atoms with Crippen LogP contribution in [0.2, 0.25) is 5.02 Å². The van der Waals surface area contributed by atoms with Gasteiger partial charge in [-0.15, -0.1) is 10.2 Å². The first-order chi connectivity index (χ1) is 15.6. The summed E-state index contributed by atoms with van der Waals surface area (Å²) in [6.07, 6.45) is 3.09. The SMILES string of the molecule is CCc1ccc2c(CSc3nnc(COc4ccccc4Cl)n3C3CC3)cc(=O)oc2c1. The van der Waals surface area contributed by atoms with Crippen LogP contribution in [0.4, 0.5) is 0 Å². The fourth-order valence-corrected chi connectivity index (χ4v) is 4.87. The van der Waals surface area contributed by atoms with Crippen LogP contribution in [0.1, 0.15) is 42.8 Å². The van der Waals surface area contributed by atoms with Gasteiger partial charge < -0.3 is 9.15 Å². The largest absolute Gasteiger partial charge is 0.484 e. The van der Waals surface area contributed by atoms with Gasteiger partial charge in [-0.25, -0.2) is 4.79 Å². The van der Waals surface area contributed by atoms with E-state index < -0.39 is 0 Å². The van der Waals surface area contributed by atoms with Gasteiger partial charge in [-0.05, 0) is 48.6 Å². The highest BCUT2D eigenvalue weighted by Gasteiger charge is 2.30. The molecule has 5 rings (SSSR count). The summed E-state index contributed by atoms with van der Waals surface area (Å²) in [5, 5.41) is 11.2. The number of thioether (sulfide) groups is 1. The summed E-state index contributed by atoms with van der Waals surface area (Å²) in [5.41, 5.74) is 2.37. The third-order valence-corrected chi connectivity index (χ3v) is 6.80. The highest BCUT2D eigenvalue weighted by Crippen LogP contribution is 2.40. The van der Waals surface area contributed by atoms with Gasteiger partial charge in [0.25, 0.3) is 0 Å². The maximum absolute atomic E-state index is 12.1. The Morgan fingerprint density at radius 2 is 2.03 bits per heavy atom. The Kier molecular flexibility index (Phi) is 5.93. The van der Waals surface area contributed by atoms with Crippen molar-refractivity contribution < 1.29 is 9.15 Å². The van der Waals surface area contributed by atoms with Crippen molar-refractivity contribution in [3.05, 3.63) is 80.9 Å². The van der Waals surface area contributed by atoms with E-state index in [1.54, 1.807) is 23.9 Å². The van der Waals surface area contributed by atoms with Crippen LogP contribution in [0.15, 0.2) is 62.9 Å². The van der Waals surface area contributed by atoms with Crippen molar-refractivity contribution in [2.24, 2.45) is 0 Å². The van der Waals surface area contributed by atoms with Gasteiger partial charge >= 0.3 is 5.63 Å². The molecule has 0 radical (unpaired) electrons. The van der Waals surface area contributed by atoms with Gasteiger partial charge in [-0.1, -0.05) is 54.6 Å². The molecular weight excluding hydrogens is 446 g/mol. The van der Waals surface area contributed by atoms with Crippen LogP contribution < -0.4 is 10.4 Å². The maximum atomic E-state index is 12.1. The van der Waals surface area contributed by atoms with Crippen LogP contribution in [-0.4, -0.2) is 14.8 Å². The van der Waals surface area contributed by atoms with Crippen LogP contribution in [-0.2, 0) is 18.8 Å². The topological polar surface area (TPSA) is 70.2 Å². The third-order valence-electron chi connectivity index (χ3n) is 5.50. The van der Waals surface area contributed by atoms with Crippen molar-refractivity contribution in [3.8, 4) is 5.75 Å². The third kappa shape index (κ3) is 4.40. The van der Waals surface area contributed by atoms with E-state index in [9.17, 15) is 4.79 Å². The second-order valence-corrected chi connectivity index (χ2v) is 9.13. The Morgan fingerprint density at radius 3 is 2.81 bits per heavy atom. The van der Waals surface area contributed by atoms with Gasteiger partial charge in [0.2, 0.25) is 0 Å². The number of aryl methyl sites for hydroxylation is 1. The minimum Gasteiger partial charge on any atom is -0.484 e. The van der Waals surface area contributed by atoms with Gasteiger partial charge in [0.05, 0.1) is 5.02 Å². The molecule has 1 saturated carbocycles. The van der Waals surface area contributed by atoms with E-state index in [1.807, 2.05) is 30.3 Å². The number of ether oxygens (including phenoxy) is 1. The quantitative estimate of drug-likeness (QED) is 0.240. The molecule has 1 aliphatic rings. The minimum atomic E-state index is -0.334. The summed E-state index contributed by atoms with van der Waals surface area (Å²) in [4.78, 5) is 12.1. The van der Waals surface area contributed by atoms with E-state index in [-0.39, 0.29) is 5.63 Å². The zero-order valence-electron chi connectivity index (χ0n) is 17.6. The Hall–Kier alpha value is -2.77. The molecule has 0 amide bonds. The molecule has 0 aliphatic heterocycles. The van der Waals surface area contributed by atoms with Crippen molar-refractivity contribution >= 4 is 34.3 Å². The maximum Gasteiger partial charge on any atom is 0.336 e. The molecule has 0 unspecified atom stereocenters. The fourth-order valence-electron chi connectivity index (χ4n) is 3.66. The van der Waals surface area contributed by atoms with Gasteiger partial charge in [0.1, 0.15) is 17.9 Å². The molecule has 0 N–H and O–H groups in total. The fraction of sp³-hybridized carbons (Fsp3) is 0.292. The molecule has 1 fully saturated rings. The second-order valence-electron chi connectivity index (χ2n) is 7.78. The van der Waals surface area contributed by atoms with E-state index in [4.69, 9.17) is 20.8 Å². The molecule has 0 bridgehead atoms. The van der Waals surface area contributed by atoms with Gasteiger partial charge in [-0.3, -0.25) is 4.57 Å². The molecule has 0 atom stereocenters. The first kappa shape index (κ1) is 21.1. The van der Waals surface area contributed by atoms with E-state index in [0.717, 1.165) is 46.8 Å². The molecule has 0 saturated heterocycles. The Bertz CT molecular complexity index is 1330. The van der Waals surface area contributed by atoms with Crippen LogP contribution in [0, 0.1) is 0 Å². The summed E-state index contributed by atoms with van der Waals surface area (Å²) in [6, 6.07) is 15.4. The standard InChI is InChI=1S/C24H22ClN3O3S/c1-2-15-7-10-18-16(12-23(29)31-21(18)11-15)14-32-24-27-26-22(28(24)17-8-9-17)13-30-20-6-4-3-5-19(20)25/h3-7,10-12,17H,2,8-9,13-14H2,1H3. The molecule has 32 heavy (non-hydrogen) atoms. The summed E-state index contributed by atoms with van der Waals surface area (Å²) in [5.74, 6) is 2.01. The van der Waals surface area contributed by atoms with E-state index in [2.05, 4.69) is 27.8 Å². The van der Waals surface area contributed by atoms with E-state index in [1.165, 1.54) is 0 Å². The number of hydrogen-bond acceptors (Lipinski definition) is 6. The molecule has 8 heteroatoms. The second kappa shape index (κ2) is 9.00. The number of fused-ring (bicyclic) bond motifs is 1. The van der Waals surface area contributed by atoms with Crippen molar-refractivity contribution in [1.29, 1.82) is 0 Å². The normalized spacial score (nSPS) is 13.6. The van der Waals surface area contributed by atoms with Gasteiger partial charge in [-0.2, -0.15) is 0 Å². The number of rotatable bonds is 8. The molecule has 2 aromatic heterocycles. The minimum absolute atomic E-state index is 0.297. The number of nitrogens with zero attached hydrogens (tertiary/aromatic N) is 3. The van der Waals surface area contributed by atoms with Gasteiger partial charge in [0.15, 0.2) is 11.0 Å². The highest BCUT2D eigenvalue weighted by molar-refractivity contribution is 7.98. The van der Waals surface area contributed by atoms with Crippen molar-refractivity contribution in [3.63, 3.8) is 0 Å². The molecule has 164 valence electrons. The molecule has 2 aromatic carbocycles. The van der Waals surface area contributed by atoms with E-state index >= 15 is 0 Å². The van der Waals surface area contributed by atoms with Crippen molar-refractivity contribution in [2.45, 2.75) is 49.7 Å². The number of halogens is 1. The number of aromatic nitrogens is 3. The summed E-state index contributed by atoms with van der Waals surface area (Å²) < 4.78 is 13.5. The zero-order valence-corrected chi connectivity index (χ0v) is 19.2. The molecule has 4 aromatic rings.